The number of aliphatic hydroxyl groups is 2. The molecule has 36 heavy (non-hydrogen) atoms. The van der Waals surface area contributed by atoms with Gasteiger partial charge < -0.3 is 24.4 Å². The van der Waals surface area contributed by atoms with Gasteiger partial charge in [-0.3, -0.25) is 9.59 Å². The van der Waals surface area contributed by atoms with Gasteiger partial charge in [0.05, 0.1) is 29.3 Å². The minimum Gasteiger partial charge on any atom is -0.457 e. The highest BCUT2D eigenvalue weighted by Gasteiger charge is 2.77. The zero-order valence-electron chi connectivity index (χ0n) is 22.5. The predicted octanol–water partition coefficient (Wildman–Crippen LogP) is 3.77. The Morgan fingerprint density at radius 1 is 1.06 bits per heavy atom. The lowest BCUT2D eigenvalue weighted by molar-refractivity contribution is -0.353. The third kappa shape index (κ3) is 3.06. The Kier molecular flexibility index (Phi) is 5.45. The van der Waals surface area contributed by atoms with Gasteiger partial charge in [-0.05, 0) is 87.9 Å². The van der Waals surface area contributed by atoms with Crippen LogP contribution >= 0.6 is 0 Å². The Hall–Kier alpha value is -1.02. The summed E-state index contributed by atoms with van der Waals surface area (Å²) in [5.41, 5.74) is -2.57. The van der Waals surface area contributed by atoms with Gasteiger partial charge in [-0.15, -0.1) is 0 Å². The van der Waals surface area contributed by atoms with Crippen molar-refractivity contribution >= 4 is 11.8 Å². The van der Waals surface area contributed by atoms with Crippen molar-refractivity contribution < 1.29 is 34.0 Å². The van der Waals surface area contributed by atoms with Crippen molar-refractivity contribution in [3.63, 3.8) is 0 Å². The minimum absolute atomic E-state index is 0.0192. The third-order valence-corrected chi connectivity index (χ3v) is 12.1. The average molecular weight is 505 g/mol. The maximum atomic E-state index is 14.3. The van der Waals surface area contributed by atoms with E-state index >= 15 is 0 Å². The molecule has 0 aromatic heterocycles. The van der Waals surface area contributed by atoms with E-state index in [4.69, 9.17) is 14.2 Å². The van der Waals surface area contributed by atoms with Crippen molar-refractivity contribution in [2.24, 2.45) is 40.4 Å². The molecule has 0 amide bonds. The lowest BCUT2D eigenvalue weighted by atomic mass is 9.42. The fraction of sp³-hybridized carbons (Fsp3) is 0.931. The van der Waals surface area contributed by atoms with Crippen LogP contribution < -0.4 is 0 Å². The summed E-state index contributed by atoms with van der Waals surface area (Å²) in [6.45, 7) is 9.88. The van der Waals surface area contributed by atoms with Crippen LogP contribution in [0.5, 0.6) is 0 Å². The highest BCUT2D eigenvalue weighted by atomic mass is 16.7. The van der Waals surface area contributed by atoms with E-state index in [2.05, 4.69) is 13.8 Å². The van der Waals surface area contributed by atoms with Crippen molar-refractivity contribution in [3.05, 3.63) is 0 Å². The van der Waals surface area contributed by atoms with Crippen molar-refractivity contribution in [2.45, 2.75) is 122 Å². The molecule has 2 aliphatic heterocycles. The predicted molar refractivity (Wildman–Crippen MR) is 131 cm³/mol. The number of Topliss-reactive ketones (excluding diaryl/α,β-unsaturated/α-hetero) is 1. The van der Waals surface area contributed by atoms with Crippen LogP contribution in [0.4, 0.5) is 0 Å². The lowest BCUT2D eigenvalue weighted by Gasteiger charge is -2.65. The molecule has 2 N–H and O–H groups in total. The summed E-state index contributed by atoms with van der Waals surface area (Å²) in [6.07, 6.45) is 5.98. The normalized spacial score (nSPS) is 55.4. The third-order valence-electron chi connectivity index (χ3n) is 12.1. The number of fused-ring (bicyclic) bond motifs is 4. The van der Waals surface area contributed by atoms with Gasteiger partial charge >= 0.3 is 5.97 Å². The highest BCUT2D eigenvalue weighted by Crippen LogP contribution is 2.71. The Morgan fingerprint density at radius 3 is 2.53 bits per heavy atom. The molecule has 6 fully saturated rings. The van der Waals surface area contributed by atoms with Gasteiger partial charge in [-0.1, -0.05) is 13.8 Å². The SMILES string of the molecule is CC(=O)O[C@@H]1CC(C)(C)O[C@]12OC[C@]13C(=O)C[C@H]4[C@@H](CC[C@H]5C[C@@H](O)CC[C@@]54C)[C@@]1(O)CC[C@@H]3[C@@H]2C. The molecular weight excluding hydrogens is 460 g/mol. The van der Waals surface area contributed by atoms with Gasteiger partial charge in [0.2, 0.25) is 5.79 Å². The first kappa shape index (κ1) is 25.3. The first-order valence-corrected chi connectivity index (χ1v) is 14.2. The summed E-state index contributed by atoms with van der Waals surface area (Å²) in [4.78, 5) is 26.3. The molecule has 0 aromatic rings. The van der Waals surface area contributed by atoms with Crippen molar-refractivity contribution in [3.8, 4) is 0 Å². The Balaban J connectivity index is 1.36. The van der Waals surface area contributed by atoms with Crippen LogP contribution in [0.3, 0.4) is 0 Å². The second-order valence-corrected chi connectivity index (χ2v) is 14.1. The van der Waals surface area contributed by atoms with E-state index in [0.29, 0.717) is 25.2 Å². The number of esters is 1. The van der Waals surface area contributed by atoms with Gasteiger partial charge in [-0.2, -0.15) is 0 Å². The minimum atomic E-state index is -1.10. The van der Waals surface area contributed by atoms with Crippen LogP contribution in [0, 0.1) is 40.4 Å². The molecule has 2 heterocycles. The van der Waals surface area contributed by atoms with E-state index in [1.807, 2.05) is 13.8 Å². The highest BCUT2D eigenvalue weighted by molar-refractivity contribution is 5.89. The number of hydrogen-bond donors (Lipinski definition) is 2. The molecule has 0 bridgehead atoms. The van der Waals surface area contributed by atoms with Gasteiger partial charge in [-0.25, -0.2) is 0 Å². The number of ketones is 1. The van der Waals surface area contributed by atoms with Gasteiger partial charge in [0.25, 0.3) is 0 Å². The molecule has 0 unspecified atom stereocenters. The Morgan fingerprint density at radius 2 is 1.81 bits per heavy atom. The first-order chi connectivity index (χ1) is 16.8. The summed E-state index contributed by atoms with van der Waals surface area (Å²) in [5.74, 6) is -0.994. The molecule has 6 rings (SSSR count). The van der Waals surface area contributed by atoms with E-state index < -0.39 is 28.5 Å². The van der Waals surface area contributed by atoms with E-state index in [1.54, 1.807) is 0 Å². The molecule has 0 aromatic carbocycles. The topological polar surface area (TPSA) is 102 Å². The number of aliphatic hydroxyl groups excluding tert-OH is 1. The number of ether oxygens (including phenoxy) is 3. The molecule has 6 aliphatic rings. The standard InChI is InChI=1S/C29H44O7/c1-16-20-9-11-28(33)21-7-6-18-12-19(31)8-10-26(18,5)22(21)13-23(32)27(20,28)15-34-29(16)24(35-17(2)30)14-25(3,4)36-29/h16,18-22,24,31,33H,6-15H2,1-5H3/t16-,18-,19-,20+,21+,22-,24+,26-,27-,28-,29-/m0/s1. The molecule has 4 aliphatic carbocycles. The average Bonchev–Trinajstić information content (AvgIpc) is 3.24. The van der Waals surface area contributed by atoms with Crippen LogP contribution in [-0.2, 0) is 23.8 Å². The van der Waals surface area contributed by atoms with Crippen LogP contribution in [0.15, 0.2) is 0 Å². The van der Waals surface area contributed by atoms with Crippen LogP contribution in [-0.4, -0.2) is 57.8 Å². The Labute approximate surface area is 214 Å². The van der Waals surface area contributed by atoms with Crippen LogP contribution in [0.2, 0.25) is 0 Å². The molecule has 7 nitrogen and oxygen atoms in total. The summed E-state index contributed by atoms with van der Waals surface area (Å²) in [6, 6.07) is 0. The maximum Gasteiger partial charge on any atom is 0.303 e. The van der Waals surface area contributed by atoms with E-state index in [-0.39, 0.29) is 53.6 Å². The van der Waals surface area contributed by atoms with E-state index in [0.717, 1.165) is 38.5 Å². The zero-order valence-corrected chi connectivity index (χ0v) is 22.5. The molecule has 0 radical (unpaired) electrons. The van der Waals surface area contributed by atoms with Gasteiger partial charge in [0, 0.05) is 25.7 Å². The summed E-state index contributed by atoms with van der Waals surface area (Å²) < 4.78 is 18.9. The molecular formula is C29H44O7. The molecule has 7 heteroatoms. The fourth-order valence-corrected chi connectivity index (χ4v) is 10.4. The number of carbonyl (C=O) groups is 2. The van der Waals surface area contributed by atoms with E-state index in [9.17, 15) is 19.8 Å². The lowest BCUT2D eigenvalue weighted by Crippen LogP contribution is -2.72. The molecule has 11 atom stereocenters. The second-order valence-electron chi connectivity index (χ2n) is 14.1. The van der Waals surface area contributed by atoms with Crippen molar-refractivity contribution in [2.75, 3.05) is 6.61 Å². The molecule has 4 saturated carbocycles. The van der Waals surface area contributed by atoms with Gasteiger partial charge in [0.1, 0.15) is 5.78 Å². The second kappa shape index (κ2) is 7.77. The monoisotopic (exact) mass is 504 g/mol. The quantitative estimate of drug-likeness (QED) is 0.524. The number of rotatable bonds is 1. The van der Waals surface area contributed by atoms with Crippen molar-refractivity contribution in [1.82, 2.24) is 0 Å². The fourth-order valence-electron chi connectivity index (χ4n) is 10.4. The van der Waals surface area contributed by atoms with Crippen LogP contribution in [0.25, 0.3) is 0 Å². The zero-order chi connectivity index (χ0) is 25.9. The summed E-state index contributed by atoms with van der Waals surface area (Å²) in [7, 11) is 0. The number of hydrogen-bond acceptors (Lipinski definition) is 7. The largest absolute Gasteiger partial charge is 0.457 e. The smallest absolute Gasteiger partial charge is 0.303 e. The summed E-state index contributed by atoms with van der Waals surface area (Å²) >= 11 is 0. The molecule has 202 valence electrons. The van der Waals surface area contributed by atoms with Crippen LogP contribution in [0.1, 0.15) is 92.4 Å². The Bertz CT molecular complexity index is 963. The van der Waals surface area contributed by atoms with Crippen molar-refractivity contribution in [1.29, 1.82) is 0 Å². The van der Waals surface area contributed by atoms with Gasteiger partial charge in [0.15, 0.2) is 6.10 Å². The molecule has 2 spiro atoms. The maximum absolute atomic E-state index is 14.3. The first-order valence-electron chi connectivity index (χ1n) is 14.2. The molecule has 2 saturated heterocycles. The van der Waals surface area contributed by atoms with E-state index in [1.165, 1.54) is 6.92 Å². The summed E-state index contributed by atoms with van der Waals surface area (Å²) in [5, 5.41) is 22.9. The number of carbonyl (C=O) groups excluding carboxylic acids is 2.